The first-order valence-corrected chi connectivity index (χ1v) is 5.80. The van der Waals surface area contributed by atoms with Crippen LogP contribution in [0.4, 0.5) is 5.69 Å². The predicted molar refractivity (Wildman–Crippen MR) is 72.6 cm³/mol. The van der Waals surface area contributed by atoms with E-state index >= 15 is 0 Å². The molecule has 0 aliphatic rings. The smallest absolute Gasteiger partial charge is 0.125 e. The molecule has 0 aromatic heterocycles. The summed E-state index contributed by atoms with van der Waals surface area (Å²) in [6, 6.07) is 13.0. The molecule has 0 fully saturated rings. The molecular formula is C15H17NO2. The van der Waals surface area contributed by atoms with Crippen LogP contribution in [0.1, 0.15) is 22.8 Å². The van der Waals surface area contributed by atoms with Crippen LogP contribution in [0.15, 0.2) is 42.5 Å². The molecule has 2 aromatic carbocycles. The van der Waals surface area contributed by atoms with Crippen molar-refractivity contribution in [2.24, 2.45) is 0 Å². The minimum atomic E-state index is -0.708. The third-order valence-electron chi connectivity index (χ3n) is 2.93. The van der Waals surface area contributed by atoms with Gasteiger partial charge in [-0.05, 0) is 36.8 Å². The van der Waals surface area contributed by atoms with Crippen LogP contribution in [0.2, 0.25) is 0 Å². The van der Waals surface area contributed by atoms with Gasteiger partial charge < -0.3 is 15.6 Å². The van der Waals surface area contributed by atoms with Crippen molar-refractivity contribution in [3.8, 4) is 5.75 Å². The first-order valence-electron chi connectivity index (χ1n) is 5.80. The number of benzene rings is 2. The highest BCUT2D eigenvalue weighted by Crippen LogP contribution is 2.30. The molecule has 0 saturated carbocycles. The summed E-state index contributed by atoms with van der Waals surface area (Å²) in [7, 11) is 1.60. The highest BCUT2D eigenvalue weighted by Gasteiger charge is 2.15. The van der Waals surface area contributed by atoms with Gasteiger partial charge in [0.05, 0.1) is 7.11 Å². The second kappa shape index (κ2) is 5.10. The number of aryl methyl sites for hydroxylation is 1. The monoisotopic (exact) mass is 243 g/mol. The summed E-state index contributed by atoms with van der Waals surface area (Å²) in [5.74, 6) is 0.685. The van der Waals surface area contributed by atoms with Crippen LogP contribution >= 0.6 is 0 Å². The van der Waals surface area contributed by atoms with Gasteiger partial charge in [-0.2, -0.15) is 0 Å². The van der Waals surface area contributed by atoms with E-state index in [9.17, 15) is 5.11 Å². The number of hydrogen-bond acceptors (Lipinski definition) is 3. The third-order valence-corrected chi connectivity index (χ3v) is 2.93. The van der Waals surface area contributed by atoms with Gasteiger partial charge in [-0.25, -0.2) is 0 Å². The number of methoxy groups -OCH3 is 1. The summed E-state index contributed by atoms with van der Waals surface area (Å²) < 4.78 is 5.28. The van der Waals surface area contributed by atoms with Crippen LogP contribution in [-0.2, 0) is 0 Å². The fourth-order valence-corrected chi connectivity index (χ4v) is 1.93. The number of aliphatic hydroxyl groups excluding tert-OH is 1. The summed E-state index contributed by atoms with van der Waals surface area (Å²) >= 11 is 0. The number of hydrogen-bond donors (Lipinski definition) is 2. The van der Waals surface area contributed by atoms with Crippen molar-refractivity contribution in [3.63, 3.8) is 0 Å². The van der Waals surface area contributed by atoms with Crippen LogP contribution in [0.5, 0.6) is 5.75 Å². The van der Waals surface area contributed by atoms with E-state index in [1.807, 2.05) is 37.3 Å². The van der Waals surface area contributed by atoms with Crippen LogP contribution in [0.3, 0.4) is 0 Å². The Hall–Kier alpha value is -2.00. The van der Waals surface area contributed by atoms with Crippen molar-refractivity contribution in [1.29, 1.82) is 0 Å². The molecule has 0 aliphatic heterocycles. The van der Waals surface area contributed by atoms with Crippen LogP contribution in [0.25, 0.3) is 0 Å². The van der Waals surface area contributed by atoms with E-state index in [-0.39, 0.29) is 0 Å². The summed E-state index contributed by atoms with van der Waals surface area (Å²) in [6.45, 7) is 1.98. The van der Waals surface area contributed by atoms with Crippen molar-refractivity contribution in [1.82, 2.24) is 0 Å². The largest absolute Gasteiger partial charge is 0.496 e. The van der Waals surface area contributed by atoms with Gasteiger partial charge in [0.1, 0.15) is 11.9 Å². The molecule has 3 N–H and O–H groups in total. The Morgan fingerprint density at radius 3 is 2.39 bits per heavy atom. The Kier molecular flexibility index (Phi) is 3.53. The Bertz CT molecular complexity index is 535. The molecule has 0 saturated heterocycles. The molecule has 18 heavy (non-hydrogen) atoms. The average Bonchev–Trinajstić information content (AvgIpc) is 2.39. The summed E-state index contributed by atoms with van der Waals surface area (Å²) in [6.07, 6.45) is -0.708. The van der Waals surface area contributed by atoms with E-state index < -0.39 is 6.10 Å². The quantitative estimate of drug-likeness (QED) is 0.815. The molecule has 0 bridgehead atoms. The van der Waals surface area contributed by atoms with Crippen molar-refractivity contribution in [3.05, 3.63) is 59.2 Å². The normalized spacial score (nSPS) is 12.2. The lowest BCUT2D eigenvalue weighted by molar-refractivity contribution is 0.214. The van der Waals surface area contributed by atoms with E-state index in [0.717, 1.165) is 16.7 Å². The van der Waals surface area contributed by atoms with Gasteiger partial charge in [0.25, 0.3) is 0 Å². The molecular weight excluding hydrogens is 226 g/mol. The van der Waals surface area contributed by atoms with Gasteiger partial charge in [0, 0.05) is 11.3 Å². The molecule has 2 rings (SSSR count). The zero-order valence-electron chi connectivity index (χ0n) is 10.6. The van der Waals surface area contributed by atoms with Gasteiger partial charge in [-0.1, -0.05) is 23.8 Å². The molecule has 3 nitrogen and oxygen atoms in total. The maximum atomic E-state index is 10.4. The third kappa shape index (κ3) is 2.46. The Morgan fingerprint density at radius 2 is 1.78 bits per heavy atom. The molecule has 0 aliphatic carbocycles. The first-order chi connectivity index (χ1) is 8.61. The number of aliphatic hydroxyl groups is 1. The molecule has 1 unspecified atom stereocenters. The number of anilines is 1. The lowest BCUT2D eigenvalue weighted by atomic mass is 9.99. The molecule has 0 spiro atoms. The minimum Gasteiger partial charge on any atom is -0.496 e. The molecule has 94 valence electrons. The fourth-order valence-electron chi connectivity index (χ4n) is 1.93. The first kappa shape index (κ1) is 12.5. The van der Waals surface area contributed by atoms with Gasteiger partial charge in [-0.15, -0.1) is 0 Å². The van der Waals surface area contributed by atoms with Crippen molar-refractivity contribution < 1.29 is 9.84 Å². The van der Waals surface area contributed by atoms with Crippen molar-refractivity contribution >= 4 is 5.69 Å². The zero-order valence-corrected chi connectivity index (χ0v) is 10.6. The molecule has 0 heterocycles. The predicted octanol–water partition coefficient (Wildman–Crippen LogP) is 2.67. The molecule has 0 radical (unpaired) electrons. The average molecular weight is 243 g/mol. The van der Waals surface area contributed by atoms with Crippen LogP contribution in [-0.4, -0.2) is 12.2 Å². The van der Waals surface area contributed by atoms with E-state index in [1.54, 1.807) is 19.2 Å². The Morgan fingerprint density at radius 1 is 1.11 bits per heavy atom. The number of ether oxygens (including phenoxy) is 1. The molecule has 2 aromatic rings. The Balaban J connectivity index is 2.41. The van der Waals surface area contributed by atoms with Crippen LogP contribution < -0.4 is 10.5 Å². The van der Waals surface area contributed by atoms with Crippen LogP contribution in [0, 0.1) is 6.92 Å². The number of nitrogens with two attached hydrogens (primary N) is 1. The lowest BCUT2D eigenvalue weighted by Gasteiger charge is -2.16. The van der Waals surface area contributed by atoms with Gasteiger partial charge >= 0.3 is 0 Å². The molecule has 1 atom stereocenters. The van der Waals surface area contributed by atoms with E-state index in [2.05, 4.69) is 0 Å². The Labute approximate surface area is 107 Å². The maximum absolute atomic E-state index is 10.4. The zero-order chi connectivity index (χ0) is 13.1. The van der Waals surface area contributed by atoms with Gasteiger partial charge in [0.2, 0.25) is 0 Å². The standard InChI is InChI=1S/C15H17NO2/c1-10-3-8-14(18-2)13(9-10)15(17)11-4-6-12(16)7-5-11/h3-9,15,17H,16H2,1-2H3. The number of nitrogen functional groups attached to an aromatic ring is 1. The summed E-state index contributed by atoms with van der Waals surface area (Å²) in [5.41, 5.74) is 8.97. The SMILES string of the molecule is COc1ccc(C)cc1C(O)c1ccc(N)cc1. The van der Waals surface area contributed by atoms with Gasteiger partial charge in [-0.3, -0.25) is 0 Å². The maximum Gasteiger partial charge on any atom is 0.125 e. The summed E-state index contributed by atoms with van der Waals surface area (Å²) in [4.78, 5) is 0. The van der Waals surface area contributed by atoms with E-state index in [1.165, 1.54) is 0 Å². The van der Waals surface area contributed by atoms with E-state index in [4.69, 9.17) is 10.5 Å². The van der Waals surface area contributed by atoms with Gasteiger partial charge in [0.15, 0.2) is 0 Å². The lowest BCUT2D eigenvalue weighted by Crippen LogP contribution is -2.03. The van der Waals surface area contributed by atoms with E-state index in [0.29, 0.717) is 11.4 Å². The minimum absolute atomic E-state index is 0.683. The highest BCUT2D eigenvalue weighted by atomic mass is 16.5. The topological polar surface area (TPSA) is 55.5 Å². The highest BCUT2D eigenvalue weighted by molar-refractivity contribution is 5.45. The summed E-state index contributed by atoms with van der Waals surface area (Å²) in [5, 5.41) is 10.4. The molecule has 3 heteroatoms. The second-order valence-electron chi connectivity index (χ2n) is 4.31. The number of rotatable bonds is 3. The second-order valence-corrected chi connectivity index (χ2v) is 4.31. The fraction of sp³-hybridized carbons (Fsp3) is 0.200. The van der Waals surface area contributed by atoms with Crippen molar-refractivity contribution in [2.45, 2.75) is 13.0 Å². The molecule has 0 amide bonds. The van der Waals surface area contributed by atoms with Crippen molar-refractivity contribution in [2.75, 3.05) is 12.8 Å².